The Bertz CT molecular complexity index is 499. The third kappa shape index (κ3) is 2.30. The van der Waals surface area contributed by atoms with Gasteiger partial charge in [0.15, 0.2) is 0 Å². The van der Waals surface area contributed by atoms with E-state index in [1.807, 2.05) is 42.3 Å². The number of benzene rings is 1. The smallest absolute Gasteiger partial charge is 0.144 e. The second-order valence-electron chi connectivity index (χ2n) is 3.68. The molecule has 0 unspecified atom stereocenters. The highest BCUT2D eigenvalue weighted by atomic mass is 16.5. The fourth-order valence-electron chi connectivity index (χ4n) is 1.65. The van der Waals surface area contributed by atoms with Crippen LogP contribution in [-0.4, -0.2) is 19.1 Å². The van der Waals surface area contributed by atoms with E-state index in [1.54, 1.807) is 19.4 Å². The minimum Gasteiger partial charge on any atom is -0.494 e. The van der Waals surface area contributed by atoms with Crippen LogP contribution < -0.4 is 15.4 Å². The largest absolute Gasteiger partial charge is 0.494 e. The van der Waals surface area contributed by atoms with Gasteiger partial charge in [0.2, 0.25) is 0 Å². The van der Waals surface area contributed by atoms with Crippen LogP contribution in [-0.2, 0) is 0 Å². The Balaban J connectivity index is 2.40. The van der Waals surface area contributed by atoms with Crippen LogP contribution in [0, 0.1) is 0 Å². The van der Waals surface area contributed by atoms with Crippen LogP contribution in [0.2, 0.25) is 0 Å². The molecule has 17 heavy (non-hydrogen) atoms. The van der Waals surface area contributed by atoms with Gasteiger partial charge in [-0.25, -0.2) is 4.98 Å². The molecular weight excluding hydrogens is 214 g/mol. The number of nitrogens with zero attached hydrogens (tertiary/aromatic N) is 2. The van der Waals surface area contributed by atoms with E-state index in [-0.39, 0.29) is 0 Å². The number of hydrogen-bond donors (Lipinski definition) is 1. The fraction of sp³-hybridized carbons (Fsp3) is 0.154. The Labute approximate surface area is 101 Å². The molecule has 1 aromatic carbocycles. The zero-order valence-electron chi connectivity index (χ0n) is 9.92. The highest BCUT2D eigenvalue weighted by Crippen LogP contribution is 2.32. The molecule has 0 saturated heterocycles. The second-order valence-corrected chi connectivity index (χ2v) is 3.68. The molecule has 1 aromatic heterocycles. The molecule has 2 rings (SSSR count). The summed E-state index contributed by atoms with van der Waals surface area (Å²) in [5, 5.41) is 0. The molecule has 0 aliphatic carbocycles. The maximum absolute atomic E-state index is 5.73. The number of ether oxygens (including phenoxy) is 1. The molecule has 1 heterocycles. The van der Waals surface area contributed by atoms with Gasteiger partial charge in [0.25, 0.3) is 0 Å². The summed E-state index contributed by atoms with van der Waals surface area (Å²) in [7, 11) is 3.57. The SMILES string of the molecule is COc1cc(N)ccc1N(C)c1ccccn1. The Morgan fingerprint density at radius 1 is 1.24 bits per heavy atom. The lowest BCUT2D eigenvalue weighted by Crippen LogP contribution is -2.12. The third-order valence-electron chi connectivity index (χ3n) is 2.56. The van der Waals surface area contributed by atoms with Gasteiger partial charge in [-0.05, 0) is 24.3 Å². The number of aromatic nitrogens is 1. The molecule has 0 spiro atoms. The van der Waals surface area contributed by atoms with E-state index >= 15 is 0 Å². The monoisotopic (exact) mass is 229 g/mol. The van der Waals surface area contributed by atoms with Crippen molar-refractivity contribution >= 4 is 17.2 Å². The summed E-state index contributed by atoms with van der Waals surface area (Å²) in [6.07, 6.45) is 1.76. The van der Waals surface area contributed by atoms with E-state index in [1.165, 1.54) is 0 Å². The number of anilines is 3. The zero-order valence-corrected chi connectivity index (χ0v) is 9.92. The molecule has 0 aliphatic heterocycles. The molecular formula is C13H15N3O. The molecule has 2 N–H and O–H groups in total. The number of hydrogen-bond acceptors (Lipinski definition) is 4. The van der Waals surface area contributed by atoms with Gasteiger partial charge in [0.05, 0.1) is 12.8 Å². The summed E-state index contributed by atoms with van der Waals surface area (Å²) in [5.41, 5.74) is 7.34. The first kappa shape index (κ1) is 11.3. The highest BCUT2D eigenvalue weighted by Gasteiger charge is 2.10. The molecule has 0 saturated carbocycles. The van der Waals surface area contributed by atoms with E-state index < -0.39 is 0 Å². The second kappa shape index (κ2) is 4.74. The standard InChI is InChI=1S/C13H15N3O/c1-16(13-5-3-4-8-15-13)11-7-6-10(14)9-12(11)17-2/h3-9H,14H2,1-2H3. The van der Waals surface area contributed by atoms with E-state index in [0.29, 0.717) is 5.69 Å². The Morgan fingerprint density at radius 2 is 2.06 bits per heavy atom. The van der Waals surface area contributed by atoms with Crippen LogP contribution in [0.1, 0.15) is 0 Å². The first-order valence-electron chi connectivity index (χ1n) is 5.30. The number of rotatable bonds is 3. The van der Waals surface area contributed by atoms with Crippen LogP contribution in [0.3, 0.4) is 0 Å². The summed E-state index contributed by atoms with van der Waals surface area (Å²) in [5.74, 6) is 1.59. The van der Waals surface area contributed by atoms with Crippen molar-refractivity contribution in [2.24, 2.45) is 0 Å². The first-order chi connectivity index (χ1) is 8.22. The average molecular weight is 229 g/mol. The lowest BCUT2D eigenvalue weighted by atomic mass is 10.2. The van der Waals surface area contributed by atoms with Gasteiger partial charge in [-0.15, -0.1) is 0 Å². The van der Waals surface area contributed by atoms with Gasteiger partial charge in [-0.1, -0.05) is 6.07 Å². The van der Waals surface area contributed by atoms with E-state index in [4.69, 9.17) is 10.5 Å². The zero-order chi connectivity index (χ0) is 12.3. The molecule has 2 aromatic rings. The van der Waals surface area contributed by atoms with Crippen molar-refractivity contribution < 1.29 is 4.74 Å². The van der Waals surface area contributed by atoms with Gasteiger partial charge < -0.3 is 15.4 Å². The number of methoxy groups -OCH3 is 1. The quantitative estimate of drug-likeness (QED) is 0.821. The van der Waals surface area contributed by atoms with Gasteiger partial charge in [0.1, 0.15) is 11.6 Å². The van der Waals surface area contributed by atoms with E-state index in [0.717, 1.165) is 17.3 Å². The summed E-state index contributed by atoms with van der Waals surface area (Å²) < 4.78 is 5.32. The average Bonchev–Trinajstić information content (AvgIpc) is 2.39. The van der Waals surface area contributed by atoms with Crippen molar-refractivity contribution in [3.8, 4) is 5.75 Å². The Morgan fingerprint density at radius 3 is 2.71 bits per heavy atom. The fourth-order valence-corrected chi connectivity index (χ4v) is 1.65. The summed E-state index contributed by atoms with van der Waals surface area (Å²) >= 11 is 0. The minimum atomic E-state index is 0.681. The Kier molecular flexibility index (Phi) is 3.14. The Hall–Kier alpha value is -2.23. The van der Waals surface area contributed by atoms with Gasteiger partial charge in [0, 0.05) is 25.0 Å². The summed E-state index contributed by atoms with van der Waals surface area (Å²) in [4.78, 5) is 6.25. The predicted molar refractivity (Wildman–Crippen MR) is 69.7 cm³/mol. The van der Waals surface area contributed by atoms with Crippen LogP contribution in [0.15, 0.2) is 42.6 Å². The van der Waals surface area contributed by atoms with Crippen molar-refractivity contribution in [1.29, 1.82) is 0 Å². The van der Waals surface area contributed by atoms with E-state index in [9.17, 15) is 0 Å². The number of nitrogen functional groups attached to an aromatic ring is 1. The van der Waals surface area contributed by atoms with Crippen molar-refractivity contribution in [1.82, 2.24) is 4.98 Å². The maximum atomic E-state index is 5.73. The third-order valence-corrected chi connectivity index (χ3v) is 2.56. The van der Waals surface area contributed by atoms with Crippen molar-refractivity contribution in [3.05, 3.63) is 42.6 Å². The van der Waals surface area contributed by atoms with E-state index in [2.05, 4.69) is 4.98 Å². The molecule has 0 atom stereocenters. The topological polar surface area (TPSA) is 51.4 Å². The highest BCUT2D eigenvalue weighted by molar-refractivity contribution is 5.69. The maximum Gasteiger partial charge on any atom is 0.144 e. The van der Waals surface area contributed by atoms with Crippen LogP contribution in [0.25, 0.3) is 0 Å². The molecule has 0 bridgehead atoms. The molecule has 0 aliphatic rings. The summed E-state index contributed by atoms with van der Waals surface area (Å²) in [6, 6.07) is 11.3. The van der Waals surface area contributed by atoms with Gasteiger partial charge in [-0.3, -0.25) is 0 Å². The molecule has 4 heteroatoms. The molecule has 0 amide bonds. The van der Waals surface area contributed by atoms with Crippen LogP contribution >= 0.6 is 0 Å². The minimum absolute atomic E-state index is 0.681. The van der Waals surface area contributed by atoms with Crippen molar-refractivity contribution in [2.45, 2.75) is 0 Å². The lowest BCUT2D eigenvalue weighted by molar-refractivity contribution is 0.416. The van der Waals surface area contributed by atoms with Gasteiger partial charge >= 0.3 is 0 Å². The normalized spacial score (nSPS) is 10.0. The number of nitrogens with two attached hydrogens (primary N) is 1. The summed E-state index contributed by atoms with van der Waals surface area (Å²) in [6.45, 7) is 0. The molecule has 88 valence electrons. The molecule has 0 radical (unpaired) electrons. The first-order valence-corrected chi connectivity index (χ1v) is 5.30. The lowest BCUT2D eigenvalue weighted by Gasteiger charge is -2.20. The number of pyridine rings is 1. The van der Waals surface area contributed by atoms with Gasteiger partial charge in [-0.2, -0.15) is 0 Å². The molecule has 4 nitrogen and oxygen atoms in total. The van der Waals surface area contributed by atoms with Crippen molar-refractivity contribution in [2.75, 3.05) is 24.8 Å². The van der Waals surface area contributed by atoms with Crippen LogP contribution in [0.5, 0.6) is 5.75 Å². The van der Waals surface area contributed by atoms with Crippen LogP contribution in [0.4, 0.5) is 17.2 Å². The van der Waals surface area contributed by atoms with Crippen molar-refractivity contribution in [3.63, 3.8) is 0 Å². The predicted octanol–water partition coefficient (Wildman–Crippen LogP) is 2.44. The molecule has 0 fully saturated rings.